The number of hydrogen-bond acceptors (Lipinski definition) is 4. The van der Waals surface area contributed by atoms with Gasteiger partial charge < -0.3 is 5.32 Å². The molecule has 1 aromatic rings. The molecular weight excluding hydrogens is 208 g/mol. The van der Waals surface area contributed by atoms with Crippen LogP contribution in [0.3, 0.4) is 0 Å². The monoisotopic (exact) mass is 222 g/mol. The van der Waals surface area contributed by atoms with E-state index in [0.29, 0.717) is 17.9 Å². The molecule has 1 N–H and O–H groups in total. The predicted molar refractivity (Wildman–Crippen MR) is 61.2 cm³/mol. The van der Waals surface area contributed by atoms with Gasteiger partial charge >= 0.3 is 5.69 Å². The van der Waals surface area contributed by atoms with Crippen LogP contribution in [0.1, 0.15) is 19.0 Å². The van der Waals surface area contributed by atoms with Gasteiger partial charge in [-0.25, -0.2) is 4.68 Å². The highest BCUT2D eigenvalue weighted by atomic mass is 16.6. The molecule has 86 valence electrons. The van der Waals surface area contributed by atoms with Gasteiger partial charge in [-0.15, -0.1) is 6.42 Å². The van der Waals surface area contributed by atoms with Gasteiger partial charge in [0.05, 0.1) is 11.5 Å². The number of anilines is 1. The zero-order valence-electron chi connectivity index (χ0n) is 9.36. The van der Waals surface area contributed by atoms with Crippen LogP contribution in [0.4, 0.5) is 11.5 Å². The van der Waals surface area contributed by atoms with Crippen LogP contribution >= 0.6 is 0 Å². The van der Waals surface area contributed by atoms with E-state index in [1.807, 2.05) is 6.92 Å². The molecular formula is C10H14N4O2. The second-order valence-corrected chi connectivity index (χ2v) is 3.33. The maximum absolute atomic E-state index is 11.0. The molecule has 0 unspecified atom stereocenters. The van der Waals surface area contributed by atoms with Gasteiger partial charge in [0, 0.05) is 7.05 Å². The van der Waals surface area contributed by atoms with Crippen LogP contribution in [-0.4, -0.2) is 21.2 Å². The molecule has 0 aliphatic heterocycles. The number of aromatic nitrogens is 2. The summed E-state index contributed by atoms with van der Waals surface area (Å²) < 4.78 is 1.46. The zero-order valence-corrected chi connectivity index (χ0v) is 9.36. The van der Waals surface area contributed by atoms with E-state index in [-0.39, 0.29) is 12.2 Å². The molecule has 6 nitrogen and oxygen atoms in total. The van der Waals surface area contributed by atoms with E-state index in [9.17, 15) is 10.1 Å². The Morgan fingerprint density at radius 3 is 2.88 bits per heavy atom. The fraction of sp³-hybridized carbons (Fsp3) is 0.500. The fourth-order valence-electron chi connectivity index (χ4n) is 1.50. The summed E-state index contributed by atoms with van der Waals surface area (Å²) in [5.41, 5.74) is 0.522. The minimum atomic E-state index is -0.420. The Balaban J connectivity index is 3.14. The van der Waals surface area contributed by atoms with Gasteiger partial charge in [0.25, 0.3) is 0 Å². The molecule has 1 heterocycles. The first-order valence-corrected chi connectivity index (χ1v) is 4.99. The lowest BCUT2D eigenvalue weighted by Gasteiger charge is -2.01. The molecule has 1 rings (SSSR count). The van der Waals surface area contributed by atoms with Crippen molar-refractivity contribution in [2.45, 2.75) is 19.8 Å². The van der Waals surface area contributed by atoms with Gasteiger partial charge in [-0.1, -0.05) is 19.3 Å². The van der Waals surface area contributed by atoms with E-state index in [2.05, 4.69) is 16.3 Å². The van der Waals surface area contributed by atoms with Crippen molar-refractivity contribution in [3.63, 3.8) is 0 Å². The molecule has 0 saturated carbocycles. The van der Waals surface area contributed by atoms with E-state index in [0.717, 1.165) is 6.42 Å². The predicted octanol–water partition coefficient (Wildman–Crippen LogP) is 1.33. The molecule has 0 bridgehead atoms. The first-order chi connectivity index (χ1) is 7.61. The van der Waals surface area contributed by atoms with Crippen molar-refractivity contribution in [3.05, 3.63) is 15.8 Å². The number of terminal acetylenes is 1. The van der Waals surface area contributed by atoms with Crippen molar-refractivity contribution in [1.82, 2.24) is 9.78 Å². The van der Waals surface area contributed by atoms with E-state index in [1.165, 1.54) is 4.68 Å². The second kappa shape index (κ2) is 5.16. The van der Waals surface area contributed by atoms with Crippen molar-refractivity contribution >= 4 is 11.5 Å². The van der Waals surface area contributed by atoms with Crippen molar-refractivity contribution < 1.29 is 4.92 Å². The van der Waals surface area contributed by atoms with Gasteiger partial charge in [0.2, 0.25) is 5.82 Å². The quantitative estimate of drug-likeness (QED) is 0.463. The largest absolute Gasteiger partial charge is 0.354 e. The minimum Gasteiger partial charge on any atom is -0.354 e. The molecule has 0 atom stereocenters. The van der Waals surface area contributed by atoms with E-state index in [1.54, 1.807) is 7.05 Å². The summed E-state index contributed by atoms with van der Waals surface area (Å²) in [5, 5.41) is 17.9. The van der Waals surface area contributed by atoms with Crippen LogP contribution in [0.5, 0.6) is 0 Å². The lowest BCUT2D eigenvalue weighted by molar-refractivity contribution is -0.384. The lowest BCUT2D eigenvalue weighted by atomic mass is 10.2. The number of aryl methyl sites for hydroxylation is 2. The molecule has 0 aliphatic carbocycles. The second-order valence-electron chi connectivity index (χ2n) is 3.33. The third-order valence-electron chi connectivity index (χ3n) is 2.12. The highest BCUT2D eigenvalue weighted by Gasteiger charge is 2.25. The van der Waals surface area contributed by atoms with E-state index >= 15 is 0 Å². The molecule has 0 radical (unpaired) electrons. The Morgan fingerprint density at radius 2 is 2.38 bits per heavy atom. The Kier molecular flexibility index (Phi) is 3.89. The lowest BCUT2D eigenvalue weighted by Crippen LogP contribution is -2.06. The van der Waals surface area contributed by atoms with Gasteiger partial charge in [-0.05, 0) is 6.42 Å². The molecule has 0 amide bonds. The highest BCUT2D eigenvalue weighted by molar-refractivity contribution is 5.60. The molecule has 0 aliphatic rings. The molecule has 0 fully saturated rings. The molecule has 0 aromatic carbocycles. The van der Waals surface area contributed by atoms with Gasteiger partial charge in [-0.2, -0.15) is 5.10 Å². The number of nitrogens with zero attached hydrogens (tertiary/aromatic N) is 3. The van der Waals surface area contributed by atoms with Gasteiger partial charge in [0.1, 0.15) is 5.69 Å². The Hall–Kier alpha value is -2.03. The van der Waals surface area contributed by atoms with Crippen molar-refractivity contribution in [2.75, 3.05) is 11.9 Å². The summed E-state index contributed by atoms with van der Waals surface area (Å²) >= 11 is 0. The van der Waals surface area contributed by atoms with Crippen molar-refractivity contribution in [3.8, 4) is 12.3 Å². The van der Waals surface area contributed by atoms with Crippen LogP contribution in [0, 0.1) is 22.5 Å². The van der Waals surface area contributed by atoms with Crippen molar-refractivity contribution in [1.29, 1.82) is 0 Å². The van der Waals surface area contributed by atoms with Crippen molar-refractivity contribution in [2.24, 2.45) is 7.05 Å². The van der Waals surface area contributed by atoms with Gasteiger partial charge in [0.15, 0.2) is 0 Å². The zero-order chi connectivity index (χ0) is 12.1. The Bertz CT molecular complexity index is 431. The summed E-state index contributed by atoms with van der Waals surface area (Å²) in [7, 11) is 1.66. The standard InChI is InChI=1S/C10H14N4O2/c1-4-6-8-9(14(15)16)10(11-7-5-2)13(3)12-8/h2,11H,4,6-7H2,1,3H3. The Labute approximate surface area is 93.8 Å². The topological polar surface area (TPSA) is 73.0 Å². The summed E-state index contributed by atoms with van der Waals surface area (Å²) in [6.07, 6.45) is 6.50. The SMILES string of the molecule is C#CCNc1c([N+](=O)[O-])c(CCC)nn1C. The molecule has 0 spiro atoms. The number of rotatable bonds is 5. The van der Waals surface area contributed by atoms with Crippen LogP contribution in [0.25, 0.3) is 0 Å². The van der Waals surface area contributed by atoms with E-state index in [4.69, 9.17) is 6.42 Å². The van der Waals surface area contributed by atoms with Crippen LogP contribution in [0.2, 0.25) is 0 Å². The van der Waals surface area contributed by atoms with Crippen LogP contribution in [0.15, 0.2) is 0 Å². The number of nitro groups is 1. The summed E-state index contributed by atoms with van der Waals surface area (Å²) in [4.78, 5) is 10.5. The Morgan fingerprint density at radius 1 is 1.69 bits per heavy atom. The number of nitrogens with one attached hydrogen (secondary N) is 1. The van der Waals surface area contributed by atoms with E-state index < -0.39 is 4.92 Å². The summed E-state index contributed by atoms with van der Waals surface area (Å²) in [5.74, 6) is 2.74. The first-order valence-electron chi connectivity index (χ1n) is 4.99. The summed E-state index contributed by atoms with van der Waals surface area (Å²) in [6, 6.07) is 0. The average molecular weight is 222 g/mol. The third-order valence-corrected chi connectivity index (χ3v) is 2.12. The van der Waals surface area contributed by atoms with Crippen LogP contribution < -0.4 is 5.32 Å². The maximum Gasteiger partial charge on any atom is 0.334 e. The fourth-order valence-corrected chi connectivity index (χ4v) is 1.50. The first kappa shape index (κ1) is 12.0. The summed E-state index contributed by atoms with van der Waals surface area (Å²) in [6.45, 7) is 2.19. The maximum atomic E-state index is 11.0. The minimum absolute atomic E-state index is 0.0274. The highest BCUT2D eigenvalue weighted by Crippen LogP contribution is 2.28. The third kappa shape index (κ3) is 2.31. The number of hydrogen-bond donors (Lipinski definition) is 1. The molecule has 6 heteroatoms. The van der Waals surface area contributed by atoms with Crippen LogP contribution in [-0.2, 0) is 13.5 Å². The molecule has 1 aromatic heterocycles. The van der Waals surface area contributed by atoms with Gasteiger partial charge in [-0.3, -0.25) is 10.1 Å². The molecule has 16 heavy (non-hydrogen) atoms. The smallest absolute Gasteiger partial charge is 0.334 e. The molecule has 0 saturated heterocycles. The average Bonchev–Trinajstić information content (AvgIpc) is 2.52. The normalized spacial score (nSPS) is 9.81.